The number of hydrogen-bond acceptors (Lipinski definition) is 3. The molecule has 0 aliphatic heterocycles. The standard InChI is InChI=1S/C13H16O4/c1-3-17-11-6-4-5-8(12(11)16-2)9-7-10(9)13(14)15/h4-6,9-10H,3,7H2,1-2H3,(H,14,15)/t9-,10+/m0/s1. The molecule has 1 fully saturated rings. The van der Waals surface area contributed by atoms with Crippen LogP contribution in [-0.2, 0) is 4.79 Å². The van der Waals surface area contributed by atoms with Gasteiger partial charge in [0.25, 0.3) is 0 Å². The molecule has 1 aliphatic carbocycles. The molecular formula is C13H16O4. The quantitative estimate of drug-likeness (QED) is 0.852. The molecule has 1 N–H and O–H groups in total. The maximum absolute atomic E-state index is 10.9. The Morgan fingerprint density at radius 1 is 1.53 bits per heavy atom. The fraction of sp³-hybridized carbons (Fsp3) is 0.462. The highest BCUT2D eigenvalue weighted by Gasteiger charge is 2.45. The molecule has 0 spiro atoms. The molecule has 2 atom stereocenters. The van der Waals surface area contributed by atoms with Gasteiger partial charge < -0.3 is 14.6 Å². The highest BCUT2D eigenvalue weighted by Crippen LogP contribution is 2.52. The molecule has 2 rings (SSSR count). The van der Waals surface area contributed by atoms with E-state index in [1.807, 2.05) is 25.1 Å². The average Bonchev–Trinajstić information content (AvgIpc) is 3.09. The Kier molecular flexibility index (Phi) is 3.22. The minimum atomic E-state index is -0.737. The zero-order chi connectivity index (χ0) is 12.4. The van der Waals surface area contributed by atoms with Crippen LogP contribution in [0.1, 0.15) is 24.8 Å². The lowest BCUT2D eigenvalue weighted by molar-refractivity contribution is -0.138. The van der Waals surface area contributed by atoms with Gasteiger partial charge in [-0.1, -0.05) is 12.1 Å². The van der Waals surface area contributed by atoms with Crippen molar-refractivity contribution in [2.75, 3.05) is 13.7 Å². The molecule has 0 aromatic heterocycles. The molecule has 1 aromatic rings. The van der Waals surface area contributed by atoms with Crippen LogP contribution in [0, 0.1) is 5.92 Å². The third-order valence-electron chi connectivity index (χ3n) is 3.02. The first-order valence-corrected chi connectivity index (χ1v) is 5.71. The van der Waals surface area contributed by atoms with Crippen LogP contribution in [0.15, 0.2) is 18.2 Å². The van der Waals surface area contributed by atoms with E-state index in [1.165, 1.54) is 0 Å². The van der Waals surface area contributed by atoms with Crippen molar-refractivity contribution in [3.05, 3.63) is 23.8 Å². The van der Waals surface area contributed by atoms with Crippen LogP contribution in [0.25, 0.3) is 0 Å². The second-order valence-corrected chi connectivity index (χ2v) is 4.10. The third kappa shape index (κ3) is 2.20. The van der Waals surface area contributed by atoms with E-state index in [2.05, 4.69) is 0 Å². The van der Waals surface area contributed by atoms with Crippen LogP contribution >= 0.6 is 0 Å². The van der Waals surface area contributed by atoms with Crippen LogP contribution in [0.4, 0.5) is 0 Å². The van der Waals surface area contributed by atoms with Crippen molar-refractivity contribution in [2.45, 2.75) is 19.3 Å². The molecule has 0 saturated heterocycles. The summed E-state index contributed by atoms with van der Waals surface area (Å²) in [4.78, 5) is 10.9. The summed E-state index contributed by atoms with van der Waals surface area (Å²) in [6.45, 7) is 2.47. The largest absolute Gasteiger partial charge is 0.493 e. The lowest BCUT2D eigenvalue weighted by Gasteiger charge is -2.13. The Bertz CT molecular complexity index is 427. The zero-order valence-corrected chi connectivity index (χ0v) is 9.97. The summed E-state index contributed by atoms with van der Waals surface area (Å²) in [7, 11) is 1.58. The molecule has 17 heavy (non-hydrogen) atoms. The Morgan fingerprint density at radius 2 is 2.29 bits per heavy atom. The van der Waals surface area contributed by atoms with Crippen molar-refractivity contribution < 1.29 is 19.4 Å². The highest BCUT2D eigenvalue weighted by atomic mass is 16.5. The number of carbonyl (C=O) groups is 1. The van der Waals surface area contributed by atoms with Gasteiger partial charge in [0.15, 0.2) is 11.5 Å². The van der Waals surface area contributed by atoms with E-state index in [0.717, 1.165) is 5.56 Å². The predicted octanol–water partition coefficient (Wildman–Crippen LogP) is 2.28. The summed E-state index contributed by atoms with van der Waals surface area (Å²) in [5, 5.41) is 8.95. The van der Waals surface area contributed by atoms with Gasteiger partial charge in [-0.05, 0) is 19.4 Å². The van der Waals surface area contributed by atoms with Gasteiger partial charge in [-0.2, -0.15) is 0 Å². The van der Waals surface area contributed by atoms with E-state index < -0.39 is 5.97 Å². The molecule has 0 amide bonds. The van der Waals surface area contributed by atoms with Gasteiger partial charge in [-0.3, -0.25) is 4.79 Å². The number of benzene rings is 1. The first-order chi connectivity index (χ1) is 8.19. The van der Waals surface area contributed by atoms with Crippen LogP contribution in [-0.4, -0.2) is 24.8 Å². The van der Waals surface area contributed by atoms with E-state index in [9.17, 15) is 4.79 Å². The van der Waals surface area contributed by atoms with E-state index >= 15 is 0 Å². The molecule has 4 heteroatoms. The van der Waals surface area contributed by atoms with Gasteiger partial charge in [0.05, 0.1) is 19.6 Å². The summed E-state index contributed by atoms with van der Waals surface area (Å²) in [5.74, 6) is 0.397. The van der Waals surface area contributed by atoms with E-state index in [4.69, 9.17) is 14.6 Å². The summed E-state index contributed by atoms with van der Waals surface area (Å²) < 4.78 is 10.8. The Balaban J connectivity index is 2.28. The lowest BCUT2D eigenvalue weighted by Crippen LogP contribution is -2.02. The Hall–Kier alpha value is -1.71. The van der Waals surface area contributed by atoms with Crippen LogP contribution < -0.4 is 9.47 Å². The summed E-state index contributed by atoms with van der Waals surface area (Å²) >= 11 is 0. The maximum Gasteiger partial charge on any atom is 0.307 e. The maximum atomic E-state index is 10.9. The fourth-order valence-corrected chi connectivity index (χ4v) is 2.12. The van der Waals surface area contributed by atoms with Gasteiger partial charge in [-0.25, -0.2) is 0 Å². The second kappa shape index (κ2) is 4.65. The van der Waals surface area contributed by atoms with E-state index in [1.54, 1.807) is 7.11 Å². The first kappa shape index (κ1) is 11.8. The molecule has 1 aromatic carbocycles. The fourth-order valence-electron chi connectivity index (χ4n) is 2.12. The molecule has 0 radical (unpaired) electrons. The molecule has 0 unspecified atom stereocenters. The van der Waals surface area contributed by atoms with Crippen molar-refractivity contribution in [3.63, 3.8) is 0 Å². The molecule has 4 nitrogen and oxygen atoms in total. The molecule has 0 bridgehead atoms. The zero-order valence-electron chi connectivity index (χ0n) is 9.97. The molecule has 1 saturated carbocycles. The first-order valence-electron chi connectivity index (χ1n) is 5.71. The predicted molar refractivity (Wildman–Crippen MR) is 62.6 cm³/mol. The highest BCUT2D eigenvalue weighted by molar-refractivity contribution is 5.76. The van der Waals surface area contributed by atoms with E-state index in [-0.39, 0.29) is 11.8 Å². The lowest BCUT2D eigenvalue weighted by atomic mass is 10.1. The molecular weight excluding hydrogens is 220 g/mol. The number of para-hydroxylation sites is 1. The number of rotatable bonds is 5. The molecule has 92 valence electrons. The average molecular weight is 236 g/mol. The van der Waals surface area contributed by atoms with Crippen LogP contribution in [0.5, 0.6) is 11.5 Å². The number of aliphatic carboxylic acids is 1. The normalized spacial score (nSPS) is 22.0. The van der Waals surface area contributed by atoms with Gasteiger partial charge >= 0.3 is 5.97 Å². The van der Waals surface area contributed by atoms with Gasteiger partial charge in [0.1, 0.15) is 0 Å². The minimum absolute atomic E-state index is 0.0582. The van der Waals surface area contributed by atoms with Crippen molar-refractivity contribution in [3.8, 4) is 11.5 Å². The Morgan fingerprint density at radius 3 is 2.82 bits per heavy atom. The van der Waals surface area contributed by atoms with Crippen molar-refractivity contribution in [1.82, 2.24) is 0 Å². The van der Waals surface area contributed by atoms with Crippen molar-refractivity contribution >= 4 is 5.97 Å². The van der Waals surface area contributed by atoms with Gasteiger partial charge in [0, 0.05) is 11.5 Å². The SMILES string of the molecule is CCOc1cccc([C@@H]2C[C@H]2C(=O)O)c1OC. The number of methoxy groups -OCH3 is 1. The minimum Gasteiger partial charge on any atom is -0.493 e. The monoisotopic (exact) mass is 236 g/mol. The summed E-state index contributed by atoms with van der Waals surface area (Å²) in [6.07, 6.45) is 0.682. The molecule has 1 aliphatic rings. The van der Waals surface area contributed by atoms with Gasteiger partial charge in [-0.15, -0.1) is 0 Å². The number of hydrogen-bond donors (Lipinski definition) is 1. The Labute approximate surface area is 100 Å². The third-order valence-corrected chi connectivity index (χ3v) is 3.02. The number of carboxylic acids is 1. The smallest absolute Gasteiger partial charge is 0.307 e. The van der Waals surface area contributed by atoms with E-state index in [0.29, 0.717) is 24.5 Å². The summed E-state index contributed by atoms with van der Waals surface area (Å²) in [6, 6.07) is 5.62. The van der Waals surface area contributed by atoms with Crippen molar-refractivity contribution in [1.29, 1.82) is 0 Å². The number of carboxylic acid groups (broad SMARTS) is 1. The van der Waals surface area contributed by atoms with Gasteiger partial charge in [0.2, 0.25) is 0 Å². The summed E-state index contributed by atoms with van der Waals surface area (Å²) in [5.41, 5.74) is 0.936. The second-order valence-electron chi connectivity index (χ2n) is 4.10. The molecule has 0 heterocycles. The number of ether oxygens (including phenoxy) is 2. The van der Waals surface area contributed by atoms with Crippen LogP contribution in [0.3, 0.4) is 0 Å². The van der Waals surface area contributed by atoms with Crippen molar-refractivity contribution in [2.24, 2.45) is 5.92 Å². The topological polar surface area (TPSA) is 55.8 Å². The van der Waals surface area contributed by atoms with Crippen LogP contribution in [0.2, 0.25) is 0 Å².